The van der Waals surface area contributed by atoms with E-state index < -0.39 is 21.7 Å². The van der Waals surface area contributed by atoms with Crippen LogP contribution < -0.4 is 10.1 Å². The molecule has 2 saturated carbocycles. The summed E-state index contributed by atoms with van der Waals surface area (Å²) in [4.78, 5) is 14.6. The van der Waals surface area contributed by atoms with E-state index in [0.717, 1.165) is 25.7 Å². The summed E-state index contributed by atoms with van der Waals surface area (Å²) in [5.74, 6) is 0.140. The molecule has 1 aromatic rings. The summed E-state index contributed by atoms with van der Waals surface area (Å²) in [6, 6.07) is 6.84. The van der Waals surface area contributed by atoms with Crippen molar-refractivity contribution < 1.29 is 17.9 Å². The summed E-state index contributed by atoms with van der Waals surface area (Å²) in [5.41, 5.74) is 0.107. The van der Waals surface area contributed by atoms with Crippen LogP contribution >= 0.6 is 0 Å². The Bertz CT molecular complexity index is 870. The molecule has 0 heterocycles. The molecule has 3 rings (SSSR count). The number of carbonyl (C=O) groups excluding carboxylic acids is 1. The molecule has 1 aromatic carbocycles. The lowest BCUT2D eigenvalue weighted by Crippen LogP contribution is -2.65. The highest BCUT2D eigenvalue weighted by Crippen LogP contribution is 2.59. The highest BCUT2D eigenvalue weighted by atomic mass is 32.2. The number of alkyl carbamates (subject to hydrolysis) is 1. The van der Waals surface area contributed by atoms with Gasteiger partial charge in [-0.3, -0.25) is 0 Å². The number of hydrogen-bond acceptors (Lipinski definition) is 5. The lowest BCUT2D eigenvalue weighted by molar-refractivity contribution is -0.0552. The molecule has 2 unspecified atom stereocenters. The van der Waals surface area contributed by atoms with E-state index in [2.05, 4.69) is 15.2 Å². The number of carbonyl (C=O) groups is 1. The number of ether oxygens (including phenoxy) is 1. The first-order valence-electron chi connectivity index (χ1n) is 9.64. The topological polar surface area (TPSA) is 96.9 Å². The predicted octanol–water partition coefficient (Wildman–Crippen LogP) is 3.34. The molecule has 1 amide bonds. The van der Waals surface area contributed by atoms with Crippen molar-refractivity contribution >= 4 is 22.3 Å². The molecule has 0 aliphatic heterocycles. The van der Waals surface area contributed by atoms with Gasteiger partial charge in [0.25, 0.3) is 10.0 Å². The lowest BCUT2D eigenvalue weighted by atomic mass is 9.47. The molecule has 2 aliphatic rings. The minimum Gasteiger partial charge on any atom is -0.444 e. The fourth-order valence-corrected chi connectivity index (χ4v) is 5.13. The van der Waals surface area contributed by atoms with Gasteiger partial charge in [0.15, 0.2) is 0 Å². The van der Waals surface area contributed by atoms with Crippen LogP contribution in [0, 0.1) is 18.3 Å². The normalized spacial score (nSPS) is 23.7. The standard InChI is InChI=1S/C20H29N3O4S/c1-14-8-5-6-9-16(14)28(25,26)23-21-13-15-12-17(20(15)10-7-11-20)22-18(24)27-19(2,3)4/h5-6,8-9,13,15,17,23H,7,10-12H2,1-4H3,(H,22,24)/b21-13+. The predicted molar refractivity (Wildman–Crippen MR) is 108 cm³/mol. The van der Waals surface area contributed by atoms with Gasteiger partial charge in [0.2, 0.25) is 0 Å². The first-order valence-corrected chi connectivity index (χ1v) is 11.1. The smallest absolute Gasteiger partial charge is 0.407 e. The number of nitrogens with zero attached hydrogens (tertiary/aromatic N) is 1. The molecule has 0 saturated heterocycles. The number of nitrogens with one attached hydrogen (secondary N) is 2. The summed E-state index contributed by atoms with van der Waals surface area (Å²) in [6.07, 6.45) is 5.10. The van der Waals surface area contributed by atoms with Gasteiger partial charge in [0.05, 0.1) is 4.90 Å². The van der Waals surface area contributed by atoms with Crippen LogP contribution in [0.15, 0.2) is 34.3 Å². The van der Waals surface area contributed by atoms with Crippen molar-refractivity contribution in [3.8, 4) is 0 Å². The molecule has 28 heavy (non-hydrogen) atoms. The number of hydrogen-bond donors (Lipinski definition) is 2. The van der Waals surface area contributed by atoms with E-state index in [1.54, 1.807) is 37.4 Å². The minimum atomic E-state index is -3.69. The molecule has 8 heteroatoms. The van der Waals surface area contributed by atoms with Crippen molar-refractivity contribution in [2.24, 2.45) is 16.4 Å². The number of aryl methyl sites for hydroxylation is 1. The number of sulfonamides is 1. The van der Waals surface area contributed by atoms with E-state index in [9.17, 15) is 13.2 Å². The van der Waals surface area contributed by atoms with E-state index in [1.807, 2.05) is 20.8 Å². The van der Waals surface area contributed by atoms with Gasteiger partial charge in [0, 0.05) is 18.2 Å². The van der Waals surface area contributed by atoms with Gasteiger partial charge < -0.3 is 10.1 Å². The van der Waals surface area contributed by atoms with Crippen molar-refractivity contribution in [3.63, 3.8) is 0 Å². The number of hydrazone groups is 1. The third kappa shape index (κ3) is 4.16. The van der Waals surface area contributed by atoms with Gasteiger partial charge in [-0.15, -0.1) is 0 Å². The average Bonchev–Trinajstić information content (AvgIpc) is 2.49. The van der Waals surface area contributed by atoms with E-state index in [4.69, 9.17) is 4.74 Å². The average molecular weight is 408 g/mol. The van der Waals surface area contributed by atoms with Gasteiger partial charge in [-0.1, -0.05) is 24.6 Å². The van der Waals surface area contributed by atoms with Crippen molar-refractivity contribution in [1.29, 1.82) is 0 Å². The Morgan fingerprint density at radius 3 is 2.54 bits per heavy atom. The molecule has 0 radical (unpaired) electrons. The fraction of sp³-hybridized carbons (Fsp3) is 0.600. The van der Waals surface area contributed by atoms with Crippen LogP contribution in [0.1, 0.15) is 52.0 Å². The maximum atomic E-state index is 12.4. The van der Waals surface area contributed by atoms with E-state index in [1.165, 1.54) is 0 Å². The van der Waals surface area contributed by atoms with Crippen LogP contribution in [0.5, 0.6) is 0 Å². The number of amides is 1. The van der Waals surface area contributed by atoms with Gasteiger partial charge in [-0.05, 0) is 64.0 Å². The third-order valence-corrected chi connectivity index (χ3v) is 7.09. The van der Waals surface area contributed by atoms with Crippen LogP contribution in [0.3, 0.4) is 0 Å². The first kappa shape index (κ1) is 20.6. The summed E-state index contributed by atoms with van der Waals surface area (Å²) in [7, 11) is -3.69. The van der Waals surface area contributed by atoms with Crippen LogP contribution in [0.4, 0.5) is 4.79 Å². The van der Waals surface area contributed by atoms with Gasteiger partial charge >= 0.3 is 6.09 Å². The van der Waals surface area contributed by atoms with Gasteiger partial charge in [0.1, 0.15) is 5.60 Å². The number of rotatable bonds is 5. The molecule has 1 spiro atoms. The summed E-state index contributed by atoms with van der Waals surface area (Å²) < 4.78 is 30.2. The van der Waals surface area contributed by atoms with Crippen molar-refractivity contribution in [2.75, 3.05) is 0 Å². The zero-order valence-electron chi connectivity index (χ0n) is 16.9. The molecule has 2 fully saturated rings. The van der Waals surface area contributed by atoms with E-state index in [-0.39, 0.29) is 22.3 Å². The van der Waals surface area contributed by atoms with E-state index >= 15 is 0 Å². The second-order valence-electron chi connectivity index (χ2n) is 8.77. The van der Waals surface area contributed by atoms with Gasteiger partial charge in [-0.2, -0.15) is 13.5 Å². The van der Waals surface area contributed by atoms with Crippen molar-refractivity contribution in [1.82, 2.24) is 10.1 Å². The number of benzene rings is 1. The molecule has 2 N–H and O–H groups in total. The molecule has 7 nitrogen and oxygen atoms in total. The van der Waals surface area contributed by atoms with Crippen LogP contribution in [-0.2, 0) is 14.8 Å². The molecular weight excluding hydrogens is 378 g/mol. The van der Waals surface area contributed by atoms with Gasteiger partial charge in [-0.25, -0.2) is 9.63 Å². The Morgan fingerprint density at radius 1 is 1.29 bits per heavy atom. The Kier molecular flexibility index (Phi) is 5.44. The second kappa shape index (κ2) is 7.39. The summed E-state index contributed by atoms with van der Waals surface area (Å²) in [6.45, 7) is 7.26. The maximum absolute atomic E-state index is 12.4. The SMILES string of the molecule is Cc1ccccc1S(=O)(=O)N/N=C/C1CC(NC(=O)OC(C)(C)C)C12CCC2. The Morgan fingerprint density at radius 2 is 1.96 bits per heavy atom. The molecule has 2 atom stereocenters. The highest BCUT2D eigenvalue weighted by Gasteiger charge is 2.58. The molecule has 2 aliphatic carbocycles. The van der Waals surface area contributed by atoms with Crippen molar-refractivity contribution in [3.05, 3.63) is 29.8 Å². The minimum absolute atomic E-state index is 0.0332. The molecule has 154 valence electrons. The second-order valence-corrected chi connectivity index (χ2v) is 10.4. The molecule has 0 bridgehead atoms. The molecule has 0 aromatic heterocycles. The third-order valence-electron chi connectivity index (χ3n) is 5.71. The summed E-state index contributed by atoms with van der Waals surface area (Å²) >= 11 is 0. The monoisotopic (exact) mass is 407 g/mol. The summed E-state index contributed by atoms with van der Waals surface area (Å²) in [5, 5.41) is 7.00. The first-order chi connectivity index (χ1) is 13.0. The lowest BCUT2D eigenvalue weighted by Gasteiger charge is -2.60. The Labute approximate surface area is 167 Å². The zero-order valence-corrected chi connectivity index (χ0v) is 17.7. The van der Waals surface area contributed by atoms with Crippen LogP contribution in [0.2, 0.25) is 0 Å². The maximum Gasteiger partial charge on any atom is 0.407 e. The quantitative estimate of drug-likeness (QED) is 0.578. The zero-order chi connectivity index (χ0) is 20.6. The van der Waals surface area contributed by atoms with E-state index in [0.29, 0.717) is 5.56 Å². The fourth-order valence-electron chi connectivity index (χ4n) is 4.08. The van der Waals surface area contributed by atoms with Crippen LogP contribution in [0.25, 0.3) is 0 Å². The van der Waals surface area contributed by atoms with Crippen molar-refractivity contribution in [2.45, 2.75) is 69.9 Å². The largest absolute Gasteiger partial charge is 0.444 e. The van der Waals surface area contributed by atoms with Crippen LogP contribution in [-0.4, -0.2) is 32.4 Å². The Hall–Kier alpha value is -2.09. The highest BCUT2D eigenvalue weighted by molar-refractivity contribution is 7.89. The Balaban J connectivity index is 1.60. The molecular formula is C20H29N3O4S.